The van der Waals surface area contributed by atoms with E-state index >= 15 is 0 Å². The molecule has 282 valence electrons. The normalized spacial score (nSPS) is 12.7. The zero-order chi connectivity index (χ0) is 39.5. The first-order chi connectivity index (χ1) is 29.0. The summed E-state index contributed by atoms with van der Waals surface area (Å²) in [6.07, 6.45) is 0. The first-order valence-electron chi connectivity index (χ1n) is 19.9. The quantitative estimate of drug-likeness (QED) is 0.153. The van der Waals surface area contributed by atoms with Crippen molar-refractivity contribution in [1.82, 2.24) is 9.97 Å². The van der Waals surface area contributed by atoms with Crippen molar-refractivity contribution >= 4 is 77.2 Å². The van der Waals surface area contributed by atoms with E-state index in [1.54, 1.807) is 22.7 Å². The highest BCUT2D eigenvalue weighted by molar-refractivity contribution is 7.22. The number of fused-ring (bicyclic) bond motifs is 5. The average Bonchev–Trinajstić information content (AvgIpc) is 3.98. The van der Waals surface area contributed by atoms with Gasteiger partial charge >= 0.3 is 0 Å². The van der Waals surface area contributed by atoms with Gasteiger partial charge in [-0.25, -0.2) is 9.97 Å². The number of rotatable bonds is 8. The van der Waals surface area contributed by atoms with Crippen LogP contribution in [0, 0.1) is 0 Å². The predicted molar refractivity (Wildman–Crippen MR) is 251 cm³/mol. The number of hydrogen-bond donors (Lipinski definition) is 0. The van der Waals surface area contributed by atoms with E-state index in [4.69, 9.17) is 9.97 Å². The third-order valence-electron chi connectivity index (χ3n) is 11.5. The number of aromatic nitrogens is 2. The number of benzene rings is 8. The van der Waals surface area contributed by atoms with Crippen molar-refractivity contribution in [3.63, 3.8) is 0 Å². The van der Waals surface area contributed by atoms with Gasteiger partial charge in [0.05, 0.1) is 20.4 Å². The smallest absolute Gasteiger partial charge is 0.124 e. The lowest BCUT2D eigenvalue weighted by molar-refractivity contribution is 0.660. The second-order valence-corrected chi connectivity index (χ2v) is 17.6. The van der Waals surface area contributed by atoms with E-state index in [1.807, 2.05) is 0 Å². The molecule has 0 saturated heterocycles. The maximum atomic E-state index is 5.00. The molecular formula is C53H38N4S2. The molecule has 0 radical (unpaired) electrons. The maximum Gasteiger partial charge on any atom is 0.124 e. The molecule has 0 N–H and O–H groups in total. The first-order valence-corrected chi connectivity index (χ1v) is 21.5. The molecule has 4 nitrogen and oxygen atoms in total. The Labute approximate surface area is 352 Å². The molecular weight excluding hydrogens is 757 g/mol. The minimum atomic E-state index is -0.257. The van der Waals surface area contributed by atoms with Gasteiger partial charge in [-0.05, 0) is 119 Å². The Kier molecular flexibility index (Phi) is 8.50. The van der Waals surface area contributed by atoms with Crippen LogP contribution in [0.3, 0.4) is 0 Å². The Hall–Kier alpha value is -6.86. The number of thiazole rings is 2. The van der Waals surface area contributed by atoms with E-state index in [0.717, 1.165) is 66.3 Å². The molecule has 0 atom stereocenters. The summed E-state index contributed by atoms with van der Waals surface area (Å²) in [7, 11) is 0. The van der Waals surface area contributed by atoms with Gasteiger partial charge in [-0.15, -0.1) is 22.7 Å². The van der Waals surface area contributed by atoms with Gasteiger partial charge in [-0.1, -0.05) is 111 Å². The minimum absolute atomic E-state index is 0.257. The molecule has 11 rings (SSSR count). The lowest BCUT2D eigenvalue weighted by Gasteiger charge is -2.29. The fraction of sp³-hybridized carbons (Fsp3) is 0.0566. The minimum Gasteiger partial charge on any atom is -0.310 e. The van der Waals surface area contributed by atoms with Crippen molar-refractivity contribution in [2.75, 3.05) is 9.80 Å². The zero-order valence-electron chi connectivity index (χ0n) is 32.6. The van der Waals surface area contributed by atoms with Crippen molar-refractivity contribution < 1.29 is 0 Å². The van der Waals surface area contributed by atoms with E-state index in [2.05, 4.69) is 218 Å². The maximum absolute atomic E-state index is 5.00. The monoisotopic (exact) mass is 794 g/mol. The zero-order valence-corrected chi connectivity index (χ0v) is 34.2. The second-order valence-electron chi connectivity index (χ2n) is 15.5. The van der Waals surface area contributed by atoms with Crippen LogP contribution in [0.5, 0.6) is 0 Å². The van der Waals surface area contributed by atoms with Gasteiger partial charge < -0.3 is 9.80 Å². The Morgan fingerprint density at radius 1 is 0.373 bits per heavy atom. The number of nitrogens with zero attached hydrogens (tertiary/aromatic N) is 4. The summed E-state index contributed by atoms with van der Waals surface area (Å²) in [5, 5.41) is 2.05. The Morgan fingerprint density at radius 2 is 0.763 bits per heavy atom. The van der Waals surface area contributed by atoms with E-state index in [1.165, 1.54) is 31.7 Å². The van der Waals surface area contributed by atoms with Crippen molar-refractivity contribution in [2.45, 2.75) is 19.3 Å². The fourth-order valence-corrected chi connectivity index (χ4v) is 10.5. The van der Waals surface area contributed by atoms with Crippen LogP contribution in [-0.2, 0) is 5.41 Å². The molecule has 6 heteroatoms. The van der Waals surface area contributed by atoms with Crippen LogP contribution in [0.4, 0.5) is 34.1 Å². The van der Waals surface area contributed by atoms with E-state index in [9.17, 15) is 0 Å². The van der Waals surface area contributed by atoms with Crippen LogP contribution >= 0.6 is 22.7 Å². The second kappa shape index (κ2) is 14.2. The molecule has 59 heavy (non-hydrogen) atoms. The van der Waals surface area contributed by atoms with Crippen LogP contribution in [0.15, 0.2) is 194 Å². The fourth-order valence-electron chi connectivity index (χ4n) is 8.59. The van der Waals surface area contributed by atoms with Crippen molar-refractivity contribution in [2.24, 2.45) is 0 Å². The number of hydrogen-bond acceptors (Lipinski definition) is 6. The highest BCUT2D eigenvalue weighted by Gasteiger charge is 2.37. The van der Waals surface area contributed by atoms with Gasteiger partial charge in [0, 0.05) is 50.7 Å². The summed E-state index contributed by atoms with van der Waals surface area (Å²) in [6, 6.07) is 69.7. The summed E-state index contributed by atoms with van der Waals surface area (Å²) < 4.78 is 2.39. The molecule has 0 fully saturated rings. The molecule has 2 heterocycles. The van der Waals surface area contributed by atoms with Crippen molar-refractivity contribution in [3.8, 4) is 32.3 Å². The third kappa shape index (κ3) is 6.20. The lowest BCUT2D eigenvalue weighted by Crippen LogP contribution is -2.17. The van der Waals surface area contributed by atoms with Gasteiger partial charge in [-0.2, -0.15) is 0 Å². The standard InChI is InChI=1S/C53H38N4S2/c1-53(2)45-33-41(56(37-17-5-3-6-18-37)39-21-13-15-35(31-39)51-54-47-23-9-11-25-49(47)58-51)27-29-43(45)44-30-28-42(34-46(44)53)57(38-19-7-4-8-20-38)40-22-14-16-36(32-40)52-55-48-24-10-12-26-50(48)59-52/h3-34H,1-2H3. The molecule has 1 aliphatic rings. The van der Waals surface area contributed by atoms with E-state index in [0.29, 0.717) is 0 Å². The molecule has 0 saturated carbocycles. The number of para-hydroxylation sites is 4. The van der Waals surface area contributed by atoms with Gasteiger partial charge in [0.25, 0.3) is 0 Å². The highest BCUT2D eigenvalue weighted by Crippen LogP contribution is 2.53. The highest BCUT2D eigenvalue weighted by atomic mass is 32.1. The van der Waals surface area contributed by atoms with Crippen LogP contribution < -0.4 is 9.80 Å². The van der Waals surface area contributed by atoms with Gasteiger partial charge in [0.1, 0.15) is 10.0 Å². The van der Waals surface area contributed by atoms with E-state index in [-0.39, 0.29) is 5.41 Å². The van der Waals surface area contributed by atoms with E-state index < -0.39 is 0 Å². The third-order valence-corrected chi connectivity index (χ3v) is 13.6. The molecule has 0 amide bonds. The molecule has 2 aromatic heterocycles. The van der Waals surface area contributed by atoms with Crippen LogP contribution in [0.2, 0.25) is 0 Å². The van der Waals surface area contributed by atoms with Crippen molar-refractivity contribution in [3.05, 3.63) is 205 Å². The molecule has 0 unspecified atom stereocenters. The molecule has 0 bridgehead atoms. The van der Waals surface area contributed by atoms with Crippen LogP contribution in [0.25, 0.3) is 52.7 Å². The molecule has 0 aliphatic heterocycles. The largest absolute Gasteiger partial charge is 0.310 e. The Balaban J connectivity index is 0.988. The summed E-state index contributed by atoms with van der Waals surface area (Å²) in [4.78, 5) is 14.7. The van der Waals surface area contributed by atoms with Crippen LogP contribution in [0.1, 0.15) is 25.0 Å². The Morgan fingerprint density at radius 3 is 1.20 bits per heavy atom. The molecule has 0 spiro atoms. The summed E-state index contributed by atoms with van der Waals surface area (Å²) in [5.74, 6) is 0. The summed E-state index contributed by atoms with van der Waals surface area (Å²) >= 11 is 3.47. The van der Waals surface area contributed by atoms with Crippen molar-refractivity contribution in [1.29, 1.82) is 0 Å². The molecule has 1 aliphatic carbocycles. The van der Waals surface area contributed by atoms with Gasteiger partial charge in [0.2, 0.25) is 0 Å². The summed E-state index contributed by atoms with van der Waals surface area (Å²) in [5.41, 5.74) is 15.9. The topological polar surface area (TPSA) is 32.3 Å². The van der Waals surface area contributed by atoms with Gasteiger partial charge in [-0.3, -0.25) is 0 Å². The first kappa shape index (κ1) is 35.3. The molecule has 10 aromatic rings. The average molecular weight is 795 g/mol. The SMILES string of the molecule is CC1(C)c2cc(N(c3ccccc3)c3cccc(-c4nc5ccccc5s4)c3)ccc2-c2ccc(N(c3ccccc3)c3cccc(-c4nc5ccccc5s4)c3)cc21. The molecule has 8 aromatic carbocycles. The predicted octanol–water partition coefficient (Wildman–Crippen LogP) is 15.5. The number of anilines is 6. The summed E-state index contributed by atoms with van der Waals surface area (Å²) in [6.45, 7) is 4.74. The Bertz CT molecular complexity index is 2890. The lowest BCUT2D eigenvalue weighted by atomic mass is 9.82. The van der Waals surface area contributed by atoms with Gasteiger partial charge in [0.15, 0.2) is 0 Å². The van der Waals surface area contributed by atoms with Crippen LogP contribution in [-0.4, -0.2) is 9.97 Å².